The van der Waals surface area contributed by atoms with Crippen molar-refractivity contribution >= 4 is 33.8 Å². The molecule has 0 amide bonds. The second-order valence-electron chi connectivity index (χ2n) is 5.59. The molecule has 3 aromatic rings. The van der Waals surface area contributed by atoms with Crippen LogP contribution in [-0.2, 0) is 4.79 Å². The van der Waals surface area contributed by atoms with Gasteiger partial charge in [-0.05, 0) is 36.8 Å². The summed E-state index contributed by atoms with van der Waals surface area (Å²) in [6, 6.07) is 11.6. The van der Waals surface area contributed by atoms with E-state index in [0.29, 0.717) is 10.6 Å². The lowest BCUT2D eigenvalue weighted by atomic mass is 10.0. The SMILES string of the molecule is CC(=O)C(c1ccc(Cl)cc1)n1ccc2c([N+](=O)[O-])cccc2c1=O. The Labute approximate surface area is 147 Å². The Morgan fingerprint density at radius 1 is 1.12 bits per heavy atom. The lowest BCUT2D eigenvalue weighted by molar-refractivity contribution is -0.383. The van der Waals surface area contributed by atoms with E-state index in [2.05, 4.69) is 0 Å². The van der Waals surface area contributed by atoms with Gasteiger partial charge in [0, 0.05) is 17.3 Å². The molecule has 0 aliphatic heterocycles. The van der Waals surface area contributed by atoms with Gasteiger partial charge in [0.1, 0.15) is 6.04 Å². The van der Waals surface area contributed by atoms with Crippen molar-refractivity contribution in [2.45, 2.75) is 13.0 Å². The normalized spacial score (nSPS) is 12.1. The van der Waals surface area contributed by atoms with Gasteiger partial charge in [-0.25, -0.2) is 0 Å². The van der Waals surface area contributed by atoms with Crippen LogP contribution in [0.5, 0.6) is 0 Å². The van der Waals surface area contributed by atoms with E-state index in [1.54, 1.807) is 24.3 Å². The standard InChI is InChI=1S/C18H13ClN2O4/c1-11(22)17(12-5-7-13(19)8-6-12)20-10-9-14-15(18(20)23)3-2-4-16(14)21(24)25/h2-10,17H,1H3. The van der Waals surface area contributed by atoms with E-state index in [1.807, 2.05) is 0 Å². The number of hydrogen-bond donors (Lipinski definition) is 0. The van der Waals surface area contributed by atoms with Crippen molar-refractivity contribution in [1.82, 2.24) is 4.57 Å². The van der Waals surface area contributed by atoms with Gasteiger partial charge in [0.2, 0.25) is 0 Å². The summed E-state index contributed by atoms with van der Waals surface area (Å²) < 4.78 is 1.29. The third-order valence-electron chi connectivity index (χ3n) is 4.00. The molecule has 0 N–H and O–H groups in total. The Morgan fingerprint density at radius 3 is 2.40 bits per heavy atom. The zero-order chi connectivity index (χ0) is 18.1. The average Bonchev–Trinajstić information content (AvgIpc) is 2.58. The number of ketones is 1. The number of pyridine rings is 1. The highest BCUT2D eigenvalue weighted by molar-refractivity contribution is 6.30. The minimum Gasteiger partial charge on any atom is -0.300 e. The quantitative estimate of drug-likeness (QED) is 0.526. The van der Waals surface area contributed by atoms with Gasteiger partial charge in [-0.3, -0.25) is 19.7 Å². The van der Waals surface area contributed by atoms with E-state index >= 15 is 0 Å². The largest absolute Gasteiger partial charge is 0.300 e. The third kappa shape index (κ3) is 3.04. The fraction of sp³-hybridized carbons (Fsp3) is 0.111. The number of Topliss-reactive ketones (excluding diaryl/α,β-unsaturated/α-hetero) is 1. The number of carbonyl (C=O) groups is 1. The van der Waals surface area contributed by atoms with Crippen LogP contribution >= 0.6 is 11.6 Å². The molecule has 1 unspecified atom stereocenters. The molecule has 0 bridgehead atoms. The van der Waals surface area contributed by atoms with Crippen LogP contribution < -0.4 is 5.56 Å². The zero-order valence-corrected chi connectivity index (χ0v) is 13.9. The Kier molecular flexibility index (Phi) is 4.37. The van der Waals surface area contributed by atoms with Gasteiger partial charge in [0.15, 0.2) is 5.78 Å². The number of benzene rings is 2. The van der Waals surface area contributed by atoms with Crippen molar-refractivity contribution in [1.29, 1.82) is 0 Å². The molecular formula is C18H13ClN2O4. The van der Waals surface area contributed by atoms with Crippen molar-refractivity contribution in [3.05, 3.63) is 85.8 Å². The van der Waals surface area contributed by atoms with E-state index in [4.69, 9.17) is 11.6 Å². The lowest BCUT2D eigenvalue weighted by Crippen LogP contribution is -2.29. The first-order valence-corrected chi connectivity index (χ1v) is 7.82. The molecule has 0 saturated carbocycles. The van der Waals surface area contributed by atoms with E-state index in [0.717, 1.165) is 0 Å². The summed E-state index contributed by atoms with van der Waals surface area (Å²) in [6.45, 7) is 1.39. The van der Waals surface area contributed by atoms with Crippen LogP contribution in [0.3, 0.4) is 0 Å². The Bertz CT molecular complexity index is 1040. The predicted molar refractivity (Wildman–Crippen MR) is 95.1 cm³/mol. The molecule has 1 aromatic heterocycles. The second kappa shape index (κ2) is 6.49. The van der Waals surface area contributed by atoms with Crippen LogP contribution in [0, 0.1) is 10.1 Å². The van der Waals surface area contributed by atoms with Crippen LogP contribution in [0.15, 0.2) is 59.5 Å². The molecule has 1 atom stereocenters. The summed E-state index contributed by atoms with van der Waals surface area (Å²) in [5, 5.41) is 12.1. The van der Waals surface area contributed by atoms with Crippen molar-refractivity contribution in [2.75, 3.05) is 0 Å². The van der Waals surface area contributed by atoms with E-state index < -0.39 is 16.5 Å². The van der Waals surface area contributed by atoms with Crippen molar-refractivity contribution in [3.63, 3.8) is 0 Å². The summed E-state index contributed by atoms with van der Waals surface area (Å²) in [6.07, 6.45) is 1.42. The third-order valence-corrected chi connectivity index (χ3v) is 4.25. The number of halogens is 1. The molecule has 1 heterocycles. The van der Waals surface area contributed by atoms with Gasteiger partial charge < -0.3 is 4.57 Å². The first-order chi connectivity index (χ1) is 11.9. The summed E-state index contributed by atoms with van der Waals surface area (Å²) in [4.78, 5) is 35.6. The Morgan fingerprint density at radius 2 is 1.80 bits per heavy atom. The molecule has 0 spiro atoms. The van der Waals surface area contributed by atoms with Gasteiger partial charge in [-0.1, -0.05) is 29.8 Å². The van der Waals surface area contributed by atoms with Gasteiger partial charge in [-0.2, -0.15) is 0 Å². The molecule has 126 valence electrons. The number of aromatic nitrogens is 1. The minimum absolute atomic E-state index is 0.146. The minimum atomic E-state index is -0.826. The number of hydrogen-bond acceptors (Lipinski definition) is 4. The van der Waals surface area contributed by atoms with Crippen LogP contribution in [0.2, 0.25) is 5.02 Å². The molecule has 0 aliphatic carbocycles. The predicted octanol–water partition coefficient (Wildman–Crippen LogP) is 3.74. The van der Waals surface area contributed by atoms with Gasteiger partial charge >= 0.3 is 0 Å². The summed E-state index contributed by atoms with van der Waals surface area (Å²) in [5.74, 6) is -0.228. The van der Waals surface area contributed by atoms with Gasteiger partial charge in [0.25, 0.3) is 11.2 Å². The number of nitrogens with zero attached hydrogens (tertiary/aromatic N) is 2. The monoisotopic (exact) mass is 356 g/mol. The lowest BCUT2D eigenvalue weighted by Gasteiger charge is -2.18. The highest BCUT2D eigenvalue weighted by Crippen LogP contribution is 2.25. The van der Waals surface area contributed by atoms with E-state index in [-0.39, 0.29) is 22.2 Å². The molecule has 0 radical (unpaired) electrons. The summed E-state index contributed by atoms with van der Waals surface area (Å²) >= 11 is 5.88. The number of rotatable bonds is 4. The first-order valence-electron chi connectivity index (χ1n) is 7.44. The molecular weight excluding hydrogens is 344 g/mol. The maximum absolute atomic E-state index is 12.9. The Hall–Kier alpha value is -2.99. The van der Waals surface area contributed by atoms with Gasteiger partial charge in [-0.15, -0.1) is 0 Å². The first kappa shape index (κ1) is 16.9. The van der Waals surface area contributed by atoms with Crippen LogP contribution in [0.1, 0.15) is 18.5 Å². The van der Waals surface area contributed by atoms with Gasteiger partial charge in [0.05, 0.1) is 15.7 Å². The van der Waals surface area contributed by atoms with Crippen LogP contribution in [0.4, 0.5) is 5.69 Å². The van der Waals surface area contributed by atoms with Crippen molar-refractivity contribution in [2.24, 2.45) is 0 Å². The number of fused-ring (bicyclic) bond motifs is 1. The number of nitro groups is 1. The summed E-state index contributed by atoms with van der Waals surface area (Å²) in [7, 11) is 0. The molecule has 25 heavy (non-hydrogen) atoms. The van der Waals surface area contributed by atoms with E-state index in [1.165, 1.54) is 42.0 Å². The number of non-ortho nitro benzene ring substituents is 1. The average molecular weight is 357 g/mol. The molecule has 2 aromatic carbocycles. The number of nitro benzene ring substituents is 1. The number of carbonyl (C=O) groups excluding carboxylic acids is 1. The molecule has 3 rings (SSSR count). The van der Waals surface area contributed by atoms with E-state index in [9.17, 15) is 19.7 Å². The smallest absolute Gasteiger partial charge is 0.277 e. The molecule has 6 nitrogen and oxygen atoms in total. The zero-order valence-electron chi connectivity index (χ0n) is 13.2. The van der Waals surface area contributed by atoms with Crippen molar-refractivity contribution < 1.29 is 9.72 Å². The maximum Gasteiger partial charge on any atom is 0.277 e. The maximum atomic E-state index is 12.9. The van der Waals surface area contributed by atoms with Crippen LogP contribution in [0.25, 0.3) is 10.8 Å². The molecule has 0 aliphatic rings. The summed E-state index contributed by atoms with van der Waals surface area (Å²) in [5.41, 5.74) is 0.00717. The fourth-order valence-corrected chi connectivity index (χ4v) is 3.00. The van der Waals surface area contributed by atoms with Crippen LogP contribution in [-0.4, -0.2) is 15.3 Å². The molecule has 0 fully saturated rings. The Balaban J connectivity index is 2.25. The molecule has 7 heteroatoms. The fourth-order valence-electron chi connectivity index (χ4n) is 2.88. The topological polar surface area (TPSA) is 82.2 Å². The highest BCUT2D eigenvalue weighted by Gasteiger charge is 2.22. The van der Waals surface area contributed by atoms with Crippen molar-refractivity contribution in [3.8, 4) is 0 Å². The highest BCUT2D eigenvalue weighted by atomic mass is 35.5. The molecule has 0 saturated heterocycles. The second-order valence-corrected chi connectivity index (χ2v) is 6.02.